The maximum absolute atomic E-state index is 13.0. The molecule has 0 amide bonds. The predicted octanol–water partition coefficient (Wildman–Crippen LogP) is 1.87. The first-order valence-electron chi connectivity index (χ1n) is 7.38. The van der Waals surface area contributed by atoms with Gasteiger partial charge in [-0.15, -0.1) is 12.4 Å². The Balaban J connectivity index is 0.00000264. The second-order valence-electron chi connectivity index (χ2n) is 5.59. The number of benzene rings is 1. The summed E-state index contributed by atoms with van der Waals surface area (Å²) in [6, 6.07) is 5.05. The van der Waals surface area contributed by atoms with Gasteiger partial charge in [-0.2, -0.15) is 4.31 Å². The van der Waals surface area contributed by atoms with Crippen molar-refractivity contribution >= 4 is 22.4 Å². The van der Waals surface area contributed by atoms with Crippen LogP contribution in [0.1, 0.15) is 19.8 Å². The summed E-state index contributed by atoms with van der Waals surface area (Å²) in [5.74, 6) is 0.966. The zero-order valence-corrected chi connectivity index (χ0v) is 15.3. The van der Waals surface area contributed by atoms with Gasteiger partial charge in [0.25, 0.3) is 0 Å². The molecule has 1 atom stereocenters. The molecule has 0 spiro atoms. The van der Waals surface area contributed by atoms with Gasteiger partial charge < -0.3 is 15.2 Å². The number of hydrogen-bond acceptors (Lipinski definition) is 5. The van der Waals surface area contributed by atoms with E-state index in [0.29, 0.717) is 30.5 Å². The van der Waals surface area contributed by atoms with Crippen molar-refractivity contribution in [3.05, 3.63) is 18.2 Å². The minimum absolute atomic E-state index is 0. The quantitative estimate of drug-likeness (QED) is 0.862. The topological polar surface area (TPSA) is 81.9 Å². The van der Waals surface area contributed by atoms with Gasteiger partial charge in [0.2, 0.25) is 10.0 Å². The lowest BCUT2D eigenvalue weighted by atomic mass is 9.92. The number of ether oxygens (including phenoxy) is 2. The lowest BCUT2D eigenvalue weighted by Crippen LogP contribution is -2.42. The van der Waals surface area contributed by atoms with Gasteiger partial charge in [-0.25, -0.2) is 8.42 Å². The maximum atomic E-state index is 13.0. The average molecular weight is 365 g/mol. The zero-order chi connectivity index (χ0) is 16.3. The average Bonchev–Trinajstić information content (AvgIpc) is 2.53. The van der Waals surface area contributed by atoms with Crippen molar-refractivity contribution in [3.8, 4) is 11.5 Å². The number of methoxy groups -OCH3 is 2. The molecule has 1 heterocycles. The summed E-state index contributed by atoms with van der Waals surface area (Å²) in [6.45, 7) is 2.91. The van der Waals surface area contributed by atoms with Gasteiger partial charge in [-0.1, -0.05) is 6.07 Å². The summed E-state index contributed by atoms with van der Waals surface area (Å²) < 4.78 is 37.8. The third-order valence-electron chi connectivity index (χ3n) is 4.22. The molecule has 1 aliphatic heterocycles. The first kappa shape index (κ1) is 20.0. The zero-order valence-electron chi connectivity index (χ0n) is 13.7. The number of halogens is 1. The first-order valence-corrected chi connectivity index (χ1v) is 8.82. The Hall–Kier alpha value is -1.02. The number of hydrogen-bond donors (Lipinski definition) is 1. The Morgan fingerprint density at radius 2 is 1.65 bits per heavy atom. The molecule has 1 aliphatic rings. The standard InChI is InChI=1S/C15H24N2O4S.ClH/c1-11(16)12-7-9-17(10-8-12)22(18,19)15-13(20-2)5-4-6-14(15)21-3;/h4-6,11-12H,7-10,16H2,1-3H3;1H. The summed E-state index contributed by atoms with van der Waals surface area (Å²) in [4.78, 5) is 0.0965. The molecule has 6 nitrogen and oxygen atoms in total. The van der Waals surface area contributed by atoms with E-state index in [4.69, 9.17) is 15.2 Å². The molecule has 0 saturated carbocycles. The highest BCUT2D eigenvalue weighted by Gasteiger charge is 2.34. The van der Waals surface area contributed by atoms with Gasteiger partial charge in [0.1, 0.15) is 11.5 Å². The fraction of sp³-hybridized carbons (Fsp3) is 0.600. The van der Waals surface area contributed by atoms with E-state index in [-0.39, 0.29) is 23.3 Å². The molecule has 1 fully saturated rings. The summed E-state index contributed by atoms with van der Waals surface area (Å²) in [5, 5.41) is 0. The molecule has 0 radical (unpaired) electrons. The Morgan fingerprint density at radius 3 is 2.04 bits per heavy atom. The molecule has 23 heavy (non-hydrogen) atoms. The monoisotopic (exact) mass is 364 g/mol. The van der Waals surface area contributed by atoms with Crippen molar-refractivity contribution in [2.24, 2.45) is 11.7 Å². The molecule has 1 unspecified atom stereocenters. The van der Waals surface area contributed by atoms with Crippen LogP contribution in [0.25, 0.3) is 0 Å². The van der Waals surface area contributed by atoms with Gasteiger partial charge in [-0.05, 0) is 37.8 Å². The molecule has 0 aromatic heterocycles. The molecule has 132 valence electrons. The van der Waals surface area contributed by atoms with Gasteiger partial charge in [0.05, 0.1) is 14.2 Å². The highest BCUT2D eigenvalue weighted by molar-refractivity contribution is 7.89. The molecule has 1 saturated heterocycles. The van der Waals surface area contributed by atoms with Gasteiger partial charge in [0.15, 0.2) is 4.90 Å². The molecular formula is C15H25ClN2O4S. The van der Waals surface area contributed by atoms with E-state index in [2.05, 4.69) is 0 Å². The minimum Gasteiger partial charge on any atom is -0.495 e. The second kappa shape index (κ2) is 8.19. The smallest absolute Gasteiger partial charge is 0.250 e. The minimum atomic E-state index is -3.65. The predicted molar refractivity (Wildman–Crippen MR) is 91.9 cm³/mol. The molecule has 2 rings (SSSR count). The van der Waals surface area contributed by atoms with Gasteiger partial charge in [0, 0.05) is 19.1 Å². The van der Waals surface area contributed by atoms with Crippen LogP contribution in [0.15, 0.2) is 23.1 Å². The van der Waals surface area contributed by atoms with Crippen LogP contribution in [-0.4, -0.2) is 46.1 Å². The van der Waals surface area contributed by atoms with Crippen LogP contribution >= 0.6 is 12.4 Å². The Kier molecular flexibility index (Phi) is 7.13. The van der Waals surface area contributed by atoms with E-state index in [1.807, 2.05) is 6.92 Å². The van der Waals surface area contributed by atoms with Crippen LogP contribution in [-0.2, 0) is 10.0 Å². The van der Waals surface area contributed by atoms with Crippen molar-refractivity contribution in [3.63, 3.8) is 0 Å². The van der Waals surface area contributed by atoms with Crippen molar-refractivity contribution < 1.29 is 17.9 Å². The molecule has 1 aromatic rings. The number of nitrogens with two attached hydrogens (primary N) is 1. The van der Waals surface area contributed by atoms with Crippen LogP contribution in [0.4, 0.5) is 0 Å². The molecule has 1 aromatic carbocycles. The van der Waals surface area contributed by atoms with E-state index < -0.39 is 10.0 Å². The van der Waals surface area contributed by atoms with E-state index in [1.54, 1.807) is 18.2 Å². The fourth-order valence-corrected chi connectivity index (χ4v) is 4.60. The molecule has 0 aliphatic carbocycles. The number of rotatable bonds is 5. The van der Waals surface area contributed by atoms with E-state index in [0.717, 1.165) is 12.8 Å². The number of nitrogens with zero attached hydrogens (tertiary/aromatic N) is 1. The summed E-state index contributed by atoms with van der Waals surface area (Å²) in [7, 11) is -0.745. The van der Waals surface area contributed by atoms with Gasteiger partial charge >= 0.3 is 0 Å². The number of piperidine rings is 1. The highest BCUT2D eigenvalue weighted by atomic mass is 35.5. The van der Waals surface area contributed by atoms with E-state index in [9.17, 15) is 8.42 Å². The fourth-order valence-electron chi connectivity index (χ4n) is 2.84. The third-order valence-corrected chi connectivity index (χ3v) is 6.19. The van der Waals surface area contributed by atoms with Crippen molar-refractivity contribution in [2.75, 3.05) is 27.3 Å². The maximum Gasteiger partial charge on any atom is 0.250 e. The Morgan fingerprint density at radius 1 is 1.17 bits per heavy atom. The Labute approximate surface area is 144 Å². The lowest BCUT2D eigenvalue weighted by Gasteiger charge is -2.33. The normalized spacial score (nSPS) is 18.1. The van der Waals surface area contributed by atoms with Crippen LogP contribution < -0.4 is 15.2 Å². The van der Waals surface area contributed by atoms with Gasteiger partial charge in [-0.3, -0.25) is 0 Å². The SMILES string of the molecule is COc1cccc(OC)c1S(=O)(=O)N1CCC(C(C)N)CC1.Cl. The van der Waals surface area contributed by atoms with Crippen LogP contribution in [0.5, 0.6) is 11.5 Å². The molecule has 8 heteroatoms. The summed E-state index contributed by atoms with van der Waals surface area (Å²) in [5.41, 5.74) is 5.92. The molecular weight excluding hydrogens is 340 g/mol. The Bertz CT molecular complexity index is 592. The largest absolute Gasteiger partial charge is 0.495 e. The van der Waals surface area contributed by atoms with Crippen molar-refractivity contribution in [1.82, 2.24) is 4.31 Å². The molecule has 2 N–H and O–H groups in total. The molecule has 0 bridgehead atoms. The van der Waals surface area contributed by atoms with Crippen LogP contribution in [0.3, 0.4) is 0 Å². The van der Waals surface area contributed by atoms with Crippen molar-refractivity contribution in [2.45, 2.75) is 30.7 Å². The first-order chi connectivity index (χ1) is 10.4. The van der Waals surface area contributed by atoms with E-state index in [1.165, 1.54) is 18.5 Å². The van der Waals surface area contributed by atoms with Crippen molar-refractivity contribution in [1.29, 1.82) is 0 Å². The highest BCUT2D eigenvalue weighted by Crippen LogP contribution is 2.36. The van der Waals surface area contributed by atoms with Crippen LogP contribution in [0.2, 0.25) is 0 Å². The second-order valence-corrected chi connectivity index (χ2v) is 7.47. The third kappa shape index (κ3) is 4.09. The number of sulfonamides is 1. The summed E-state index contributed by atoms with van der Waals surface area (Å²) >= 11 is 0. The summed E-state index contributed by atoms with van der Waals surface area (Å²) in [6.07, 6.45) is 1.54. The lowest BCUT2D eigenvalue weighted by molar-refractivity contribution is 0.249. The van der Waals surface area contributed by atoms with E-state index >= 15 is 0 Å². The van der Waals surface area contributed by atoms with Crippen LogP contribution in [0, 0.1) is 5.92 Å².